The SMILES string of the molecule is C=C1NNC(=NC2CCC[C@@H](NC(=O)C(=O)OCC)C2)c2ccccc21. The fourth-order valence-corrected chi connectivity index (χ4v) is 3.36. The van der Waals surface area contributed by atoms with Gasteiger partial charge in [0.25, 0.3) is 0 Å². The lowest BCUT2D eigenvalue weighted by molar-refractivity contribution is -0.155. The Hall–Kier alpha value is -2.83. The van der Waals surface area contributed by atoms with Crippen LogP contribution in [0.5, 0.6) is 0 Å². The summed E-state index contributed by atoms with van der Waals surface area (Å²) in [6, 6.07) is 7.95. The summed E-state index contributed by atoms with van der Waals surface area (Å²) in [5.74, 6) is -0.730. The average Bonchev–Trinajstić information content (AvgIpc) is 2.65. The Labute approximate surface area is 152 Å². The summed E-state index contributed by atoms with van der Waals surface area (Å²) in [6.45, 7) is 5.86. The Balaban J connectivity index is 1.68. The molecule has 138 valence electrons. The highest BCUT2D eigenvalue weighted by atomic mass is 16.5. The number of aliphatic imine (C=N–C) groups is 1. The van der Waals surface area contributed by atoms with Crippen molar-refractivity contribution in [2.24, 2.45) is 4.99 Å². The first-order valence-corrected chi connectivity index (χ1v) is 8.94. The van der Waals surface area contributed by atoms with Crippen LogP contribution in [0.4, 0.5) is 0 Å². The maximum absolute atomic E-state index is 11.8. The minimum atomic E-state index is -0.827. The van der Waals surface area contributed by atoms with Crippen molar-refractivity contribution in [2.75, 3.05) is 6.61 Å². The zero-order valence-electron chi connectivity index (χ0n) is 14.9. The summed E-state index contributed by atoms with van der Waals surface area (Å²) in [7, 11) is 0. The molecule has 0 aromatic heterocycles. The molecule has 2 atom stereocenters. The minimum Gasteiger partial charge on any atom is -0.459 e. The van der Waals surface area contributed by atoms with E-state index in [2.05, 4.69) is 22.7 Å². The van der Waals surface area contributed by atoms with Gasteiger partial charge < -0.3 is 10.1 Å². The van der Waals surface area contributed by atoms with Gasteiger partial charge in [-0.25, -0.2) is 4.79 Å². The maximum atomic E-state index is 11.8. The number of hydrogen-bond donors (Lipinski definition) is 3. The molecule has 2 aliphatic rings. The minimum absolute atomic E-state index is 0.0694. The zero-order chi connectivity index (χ0) is 18.5. The van der Waals surface area contributed by atoms with Crippen LogP contribution < -0.4 is 16.2 Å². The van der Waals surface area contributed by atoms with Gasteiger partial charge in [-0.1, -0.05) is 30.8 Å². The number of hydrazine groups is 1. The third-order valence-corrected chi connectivity index (χ3v) is 4.59. The standard InChI is InChI=1S/C19H24N4O3/c1-3-26-19(25)18(24)21-14-8-6-7-13(11-14)20-17-16-10-5-4-9-15(16)12(2)22-23-17/h4-5,9-10,13-14,22H,2-3,6-8,11H2,1H3,(H,20,23)(H,21,24)/t13?,14-/m1/s1. The van der Waals surface area contributed by atoms with E-state index in [1.54, 1.807) is 6.92 Å². The summed E-state index contributed by atoms with van der Waals surface area (Å²) in [4.78, 5) is 28.2. The van der Waals surface area contributed by atoms with Crippen LogP contribution in [-0.2, 0) is 14.3 Å². The second kappa shape index (κ2) is 8.03. The summed E-state index contributed by atoms with van der Waals surface area (Å²) in [5.41, 5.74) is 8.98. The highest BCUT2D eigenvalue weighted by Crippen LogP contribution is 2.24. The summed E-state index contributed by atoms with van der Waals surface area (Å²) < 4.78 is 4.74. The Bertz CT molecular complexity index is 744. The Morgan fingerprint density at radius 1 is 1.27 bits per heavy atom. The molecule has 0 bridgehead atoms. The van der Waals surface area contributed by atoms with Crippen LogP contribution in [0, 0.1) is 0 Å². The second-order valence-corrected chi connectivity index (χ2v) is 6.46. The molecule has 1 aromatic carbocycles. The molecule has 1 saturated carbocycles. The maximum Gasteiger partial charge on any atom is 0.396 e. The monoisotopic (exact) mass is 356 g/mol. The predicted molar refractivity (Wildman–Crippen MR) is 99.1 cm³/mol. The van der Waals surface area contributed by atoms with E-state index < -0.39 is 11.9 Å². The number of carbonyl (C=O) groups is 2. The molecular formula is C19H24N4O3. The molecule has 1 aromatic rings. The number of nitrogens with one attached hydrogen (secondary N) is 3. The quantitative estimate of drug-likeness (QED) is 0.564. The second-order valence-electron chi connectivity index (χ2n) is 6.46. The van der Waals surface area contributed by atoms with Crippen LogP contribution in [0.3, 0.4) is 0 Å². The van der Waals surface area contributed by atoms with Crippen molar-refractivity contribution in [2.45, 2.75) is 44.7 Å². The zero-order valence-corrected chi connectivity index (χ0v) is 14.9. The third-order valence-electron chi connectivity index (χ3n) is 4.59. The number of benzene rings is 1. The molecule has 1 aliphatic heterocycles. The Morgan fingerprint density at radius 3 is 2.81 bits per heavy atom. The largest absolute Gasteiger partial charge is 0.459 e. The number of ether oxygens (including phenoxy) is 1. The van der Waals surface area contributed by atoms with E-state index >= 15 is 0 Å². The fourth-order valence-electron chi connectivity index (χ4n) is 3.36. The van der Waals surface area contributed by atoms with Crippen LogP contribution >= 0.6 is 0 Å². The van der Waals surface area contributed by atoms with E-state index in [0.717, 1.165) is 41.9 Å². The average molecular weight is 356 g/mol. The van der Waals surface area contributed by atoms with Crippen molar-refractivity contribution >= 4 is 23.4 Å². The summed E-state index contributed by atoms with van der Waals surface area (Å²) in [5, 5.41) is 2.76. The number of carbonyl (C=O) groups excluding carboxylic acids is 2. The predicted octanol–water partition coefficient (Wildman–Crippen LogP) is 1.50. The van der Waals surface area contributed by atoms with Crippen molar-refractivity contribution in [3.63, 3.8) is 0 Å². The number of amides is 1. The van der Waals surface area contributed by atoms with Gasteiger partial charge in [-0.2, -0.15) is 0 Å². The van der Waals surface area contributed by atoms with E-state index in [1.165, 1.54) is 0 Å². The highest BCUT2D eigenvalue weighted by Gasteiger charge is 2.27. The lowest BCUT2D eigenvalue weighted by Gasteiger charge is -2.29. The number of esters is 1. The van der Waals surface area contributed by atoms with Gasteiger partial charge in [-0.3, -0.25) is 20.6 Å². The number of rotatable bonds is 3. The molecule has 0 saturated heterocycles. The topological polar surface area (TPSA) is 91.8 Å². The van der Waals surface area contributed by atoms with Gasteiger partial charge >= 0.3 is 11.9 Å². The van der Waals surface area contributed by atoms with Gasteiger partial charge in [0.2, 0.25) is 0 Å². The molecule has 26 heavy (non-hydrogen) atoms. The highest BCUT2D eigenvalue weighted by molar-refractivity contribution is 6.32. The normalized spacial score (nSPS) is 23.4. The number of fused-ring (bicyclic) bond motifs is 1. The Morgan fingerprint density at radius 2 is 2.04 bits per heavy atom. The van der Waals surface area contributed by atoms with E-state index in [-0.39, 0.29) is 18.7 Å². The van der Waals surface area contributed by atoms with Crippen molar-refractivity contribution in [1.82, 2.24) is 16.2 Å². The first-order chi connectivity index (χ1) is 12.6. The molecule has 1 amide bonds. The Kier molecular flexibility index (Phi) is 5.55. The molecule has 1 unspecified atom stereocenters. The van der Waals surface area contributed by atoms with Gasteiger partial charge in [-0.15, -0.1) is 0 Å². The van der Waals surface area contributed by atoms with Crippen LogP contribution in [0.15, 0.2) is 35.8 Å². The number of hydrogen-bond acceptors (Lipinski definition) is 5. The third kappa shape index (κ3) is 4.04. The van der Waals surface area contributed by atoms with Crippen LogP contribution in [-0.4, -0.2) is 36.4 Å². The van der Waals surface area contributed by atoms with Crippen molar-refractivity contribution in [3.05, 3.63) is 42.0 Å². The van der Waals surface area contributed by atoms with Gasteiger partial charge in [0.05, 0.1) is 18.3 Å². The first kappa shape index (κ1) is 18.0. The van der Waals surface area contributed by atoms with E-state index in [4.69, 9.17) is 9.73 Å². The van der Waals surface area contributed by atoms with Crippen LogP contribution in [0.25, 0.3) is 5.70 Å². The molecule has 1 aliphatic carbocycles. The van der Waals surface area contributed by atoms with E-state index in [0.29, 0.717) is 6.42 Å². The van der Waals surface area contributed by atoms with Gasteiger partial charge in [-0.05, 0) is 32.6 Å². The molecule has 0 radical (unpaired) electrons. The van der Waals surface area contributed by atoms with Crippen molar-refractivity contribution in [1.29, 1.82) is 0 Å². The van der Waals surface area contributed by atoms with Crippen LogP contribution in [0.1, 0.15) is 43.7 Å². The fraction of sp³-hybridized carbons (Fsp3) is 0.421. The lowest BCUT2D eigenvalue weighted by atomic mass is 9.91. The molecule has 3 rings (SSSR count). The summed E-state index contributed by atoms with van der Waals surface area (Å²) >= 11 is 0. The molecule has 7 heteroatoms. The lowest BCUT2D eigenvalue weighted by Crippen LogP contribution is -2.45. The number of nitrogens with zero attached hydrogens (tertiary/aromatic N) is 1. The smallest absolute Gasteiger partial charge is 0.396 e. The molecule has 3 N–H and O–H groups in total. The van der Waals surface area contributed by atoms with Crippen molar-refractivity contribution in [3.8, 4) is 0 Å². The molecule has 0 spiro atoms. The van der Waals surface area contributed by atoms with Gasteiger partial charge in [0, 0.05) is 17.2 Å². The molecular weight excluding hydrogens is 332 g/mol. The van der Waals surface area contributed by atoms with Gasteiger partial charge in [0.1, 0.15) is 5.84 Å². The molecule has 1 fully saturated rings. The van der Waals surface area contributed by atoms with Crippen molar-refractivity contribution < 1.29 is 14.3 Å². The van der Waals surface area contributed by atoms with Crippen LogP contribution in [0.2, 0.25) is 0 Å². The van der Waals surface area contributed by atoms with E-state index in [1.807, 2.05) is 24.3 Å². The summed E-state index contributed by atoms with van der Waals surface area (Å²) in [6.07, 6.45) is 3.42. The van der Waals surface area contributed by atoms with E-state index in [9.17, 15) is 9.59 Å². The molecule has 1 heterocycles. The first-order valence-electron chi connectivity index (χ1n) is 8.94. The molecule has 7 nitrogen and oxygen atoms in total. The number of amidine groups is 1. The van der Waals surface area contributed by atoms with Gasteiger partial charge in [0.15, 0.2) is 0 Å².